The Morgan fingerprint density at radius 3 is 2.26 bits per heavy atom. The van der Waals surface area contributed by atoms with Crippen LogP contribution in [0.3, 0.4) is 0 Å². The van der Waals surface area contributed by atoms with Crippen molar-refractivity contribution < 1.29 is 9.59 Å². The van der Waals surface area contributed by atoms with E-state index >= 15 is 0 Å². The first-order valence-corrected chi connectivity index (χ1v) is 11.3. The zero-order valence-electron chi connectivity index (χ0n) is 18.6. The molecule has 7 heteroatoms. The molecule has 0 radical (unpaired) electrons. The van der Waals surface area contributed by atoms with Gasteiger partial charge < -0.3 is 15.5 Å². The number of amides is 3. The lowest BCUT2D eigenvalue weighted by Gasteiger charge is -2.52. The molecule has 2 saturated carbocycles. The largest absolute Gasteiger partial charge is 0.368 e. The number of hydrogen-bond acceptors (Lipinski definition) is 4. The summed E-state index contributed by atoms with van der Waals surface area (Å²) >= 11 is 0. The summed E-state index contributed by atoms with van der Waals surface area (Å²) in [6, 6.07) is 12.9. The normalized spacial score (nSPS) is 29.8. The molecule has 0 aromatic heterocycles. The highest BCUT2D eigenvalue weighted by atomic mass is 16.2. The molecule has 7 nitrogen and oxygen atoms in total. The van der Waals surface area contributed by atoms with Gasteiger partial charge in [0.05, 0.1) is 17.0 Å². The van der Waals surface area contributed by atoms with Crippen molar-refractivity contribution in [2.75, 3.05) is 33.7 Å². The first kappa shape index (κ1) is 21.6. The fourth-order valence-corrected chi connectivity index (χ4v) is 5.94. The van der Waals surface area contributed by atoms with Crippen LogP contribution < -0.4 is 5.73 Å². The number of urea groups is 1. The van der Waals surface area contributed by atoms with Gasteiger partial charge in [0.1, 0.15) is 6.54 Å². The zero-order chi connectivity index (χ0) is 22.3. The van der Waals surface area contributed by atoms with Crippen molar-refractivity contribution in [2.45, 2.75) is 56.0 Å². The third-order valence-corrected chi connectivity index (χ3v) is 8.09. The van der Waals surface area contributed by atoms with Crippen LogP contribution in [0.25, 0.3) is 0 Å². The highest BCUT2D eigenvalue weighted by molar-refractivity contribution is 5.85. The Kier molecular flexibility index (Phi) is 5.47. The lowest BCUT2D eigenvalue weighted by Crippen LogP contribution is -2.57. The molecule has 3 aliphatic rings. The zero-order valence-corrected chi connectivity index (χ0v) is 18.6. The minimum atomic E-state index is -0.494. The number of nitrogens with two attached hydrogens (primary N) is 1. The molecule has 0 atom stereocenters. The Balaban J connectivity index is 1.63. The maximum Gasteiger partial charge on any atom is 0.321 e. The number of hydrogen-bond donors (Lipinski definition) is 1. The Hall–Kier alpha value is -2.59. The fraction of sp³-hybridized carbons (Fsp3) is 0.625. The number of carbonyl (C=O) groups excluding carboxylic acids is 2. The molecular formula is C24H33N5O2. The maximum absolute atomic E-state index is 13.3. The predicted molar refractivity (Wildman–Crippen MR) is 118 cm³/mol. The lowest BCUT2D eigenvalue weighted by atomic mass is 9.66. The van der Waals surface area contributed by atoms with Gasteiger partial charge in [0.25, 0.3) is 0 Å². The van der Waals surface area contributed by atoms with E-state index < -0.39 is 11.3 Å². The van der Waals surface area contributed by atoms with Crippen molar-refractivity contribution in [2.24, 2.45) is 11.1 Å². The maximum atomic E-state index is 13.3. The molecule has 1 aliphatic heterocycles. The first-order chi connectivity index (χ1) is 14.8. The van der Waals surface area contributed by atoms with Crippen LogP contribution in [0.15, 0.2) is 30.3 Å². The third-order valence-electron chi connectivity index (χ3n) is 8.09. The minimum Gasteiger partial charge on any atom is -0.368 e. The van der Waals surface area contributed by atoms with Gasteiger partial charge >= 0.3 is 6.03 Å². The average Bonchev–Trinajstić information content (AvgIpc) is 2.96. The Morgan fingerprint density at radius 1 is 1.13 bits per heavy atom. The molecule has 0 unspecified atom stereocenters. The van der Waals surface area contributed by atoms with Crippen LogP contribution in [-0.4, -0.2) is 65.9 Å². The van der Waals surface area contributed by atoms with E-state index in [-0.39, 0.29) is 23.7 Å². The minimum absolute atomic E-state index is 0.0614. The molecular weight excluding hydrogens is 390 g/mol. The summed E-state index contributed by atoms with van der Waals surface area (Å²) in [5.74, 6) is -0.494. The van der Waals surface area contributed by atoms with Gasteiger partial charge in [0.2, 0.25) is 5.91 Å². The van der Waals surface area contributed by atoms with Gasteiger partial charge in [-0.25, -0.2) is 4.79 Å². The molecule has 0 bridgehead atoms. The van der Waals surface area contributed by atoms with Crippen LogP contribution in [-0.2, 0) is 10.3 Å². The van der Waals surface area contributed by atoms with Crippen molar-refractivity contribution in [1.82, 2.24) is 14.7 Å². The highest BCUT2D eigenvalue weighted by Crippen LogP contribution is 2.51. The molecule has 1 spiro atoms. The highest BCUT2D eigenvalue weighted by Gasteiger charge is 2.56. The van der Waals surface area contributed by atoms with Crippen molar-refractivity contribution in [3.63, 3.8) is 0 Å². The van der Waals surface area contributed by atoms with E-state index in [1.807, 2.05) is 11.0 Å². The summed E-state index contributed by atoms with van der Waals surface area (Å²) < 4.78 is 0. The third kappa shape index (κ3) is 3.57. The smallest absolute Gasteiger partial charge is 0.321 e. The summed E-state index contributed by atoms with van der Waals surface area (Å²) in [5.41, 5.74) is 5.86. The van der Waals surface area contributed by atoms with Crippen molar-refractivity contribution in [3.05, 3.63) is 35.9 Å². The monoisotopic (exact) mass is 423 g/mol. The number of rotatable bonds is 6. The summed E-state index contributed by atoms with van der Waals surface area (Å²) in [6.45, 7) is 0.903. The van der Waals surface area contributed by atoms with Crippen LogP contribution in [0.4, 0.5) is 4.79 Å². The SMILES string of the molecule is CN(C)C1(c2ccccc2)CCC2(CC1)CN(CC(N)=O)C(=O)N2CC1(C#N)CCC1. The van der Waals surface area contributed by atoms with Gasteiger partial charge in [-0.05, 0) is 58.2 Å². The summed E-state index contributed by atoms with van der Waals surface area (Å²) in [4.78, 5) is 30.8. The van der Waals surface area contributed by atoms with Gasteiger partial charge in [-0.3, -0.25) is 9.69 Å². The van der Waals surface area contributed by atoms with Gasteiger partial charge in [0, 0.05) is 18.6 Å². The molecule has 1 aromatic rings. The average molecular weight is 424 g/mol. The molecule has 166 valence electrons. The van der Waals surface area contributed by atoms with Crippen molar-refractivity contribution >= 4 is 11.9 Å². The summed E-state index contributed by atoms with van der Waals surface area (Å²) in [6.07, 6.45) is 6.21. The van der Waals surface area contributed by atoms with Crippen LogP contribution in [0, 0.1) is 16.7 Å². The Morgan fingerprint density at radius 2 is 1.77 bits per heavy atom. The van der Waals surface area contributed by atoms with E-state index in [4.69, 9.17) is 5.73 Å². The molecule has 31 heavy (non-hydrogen) atoms. The summed E-state index contributed by atoms with van der Waals surface area (Å²) in [5, 5.41) is 9.80. The number of carbonyl (C=O) groups is 2. The Bertz CT molecular complexity index is 879. The van der Waals surface area contributed by atoms with E-state index in [2.05, 4.69) is 49.3 Å². The molecule has 1 heterocycles. The van der Waals surface area contributed by atoms with Crippen LogP contribution in [0.2, 0.25) is 0 Å². The van der Waals surface area contributed by atoms with E-state index in [1.165, 1.54) is 5.56 Å². The molecule has 1 saturated heterocycles. The number of nitrogens with zero attached hydrogens (tertiary/aromatic N) is 4. The molecule has 2 N–H and O–H groups in total. The molecule has 2 aliphatic carbocycles. The standard InChI is InChI=1S/C24H33N5O2/c1-27(2)24(19-7-4-3-5-8-19)13-11-23(12-14-24)18-28(15-20(26)30)21(31)29(23)17-22(16-25)9-6-10-22/h3-5,7-8H,6,9-15,17-18H2,1-2H3,(H2,26,30). The van der Waals surface area contributed by atoms with Crippen molar-refractivity contribution in [3.8, 4) is 6.07 Å². The predicted octanol–water partition coefficient (Wildman–Crippen LogP) is 2.67. The van der Waals surface area contributed by atoms with Crippen LogP contribution >= 0.6 is 0 Å². The number of primary amides is 1. The van der Waals surface area contributed by atoms with Gasteiger partial charge in [0.15, 0.2) is 0 Å². The quantitative estimate of drug-likeness (QED) is 0.761. The van der Waals surface area contributed by atoms with E-state index in [9.17, 15) is 14.9 Å². The fourth-order valence-electron chi connectivity index (χ4n) is 5.94. The van der Waals surface area contributed by atoms with E-state index in [0.717, 1.165) is 44.9 Å². The van der Waals surface area contributed by atoms with E-state index in [0.29, 0.717) is 13.1 Å². The molecule has 4 rings (SSSR count). The molecule has 1 aromatic carbocycles. The first-order valence-electron chi connectivity index (χ1n) is 11.3. The lowest BCUT2D eigenvalue weighted by molar-refractivity contribution is -0.118. The second-order valence-electron chi connectivity index (χ2n) is 9.95. The van der Waals surface area contributed by atoms with Crippen molar-refractivity contribution in [1.29, 1.82) is 5.26 Å². The molecule has 3 amide bonds. The van der Waals surface area contributed by atoms with Gasteiger partial charge in [-0.15, -0.1) is 0 Å². The molecule has 3 fully saturated rings. The second-order valence-corrected chi connectivity index (χ2v) is 9.95. The van der Waals surface area contributed by atoms with Gasteiger partial charge in [-0.2, -0.15) is 5.26 Å². The van der Waals surface area contributed by atoms with Crippen LogP contribution in [0.5, 0.6) is 0 Å². The second kappa shape index (κ2) is 7.83. The Labute approximate surface area is 184 Å². The topological polar surface area (TPSA) is 93.7 Å². The van der Waals surface area contributed by atoms with Crippen LogP contribution in [0.1, 0.15) is 50.5 Å². The van der Waals surface area contributed by atoms with E-state index in [1.54, 1.807) is 4.90 Å². The number of benzene rings is 1. The number of nitriles is 1. The summed E-state index contributed by atoms with van der Waals surface area (Å²) in [7, 11) is 4.25. The van der Waals surface area contributed by atoms with Gasteiger partial charge in [-0.1, -0.05) is 36.8 Å².